The number of anilines is 1. The molecule has 0 atom stereocenters. The average molecular weight is 396 g/mol. The SMILES string of the molecule is COc1cccc(C(=O)NC(=S)Nc2cc(-c3ccc(CO)o3)ccc2C)c1. The molecule has 3 rings (SSSR count). The Balaban J connectivity index is 1.72. The summed E-state index contributed by atoms with van der Waals surface area (Å²) < 4.78 is 10.7. The van der Waals surface area contributed by atoms with Gasteiger partial charge in [-0.2, -0.15) is 0 Å². The highest BCUT2D eigenvalue weighted by Crippen LogP contribution is 2.27. The summed E-state index contributed by atoms with van der Waals surface area (Å²) in [7, 11) is 1.54. The zero-order valence-electron chi connectivity index (χ0n) is 15.5. The zero-order chi connectivity index (χ0) is 20.1. The third kappa shape index (κ3) is 4.57. The second-order valence-electron chi connectivity index (χ2n) is 6.09. The number of carbonyl (C=O) groups is 1. The van der Waals surface area contributed by atoms with E-state index in [-0.39, 0.29) is 17.6 Å². The fourth-order valence-electron chi connectivity index (χ4n) is 2.62. The topological polar surface area (TPSA) is 83.7 Å². The summed E-state index contributed by atoms with van der Waals surface area (Å²) in [5, 5.41) is 15.1. The summed E-state index contributed by atoms with van der Waals surface area (Å²) >= 11 is 5.29. The lowest BCUT2D eigenvalue weighted by Crippen LogP contribution is -2.34. The van der Waals surface area contributed by atoms with Crippen molar-refractivity contribution in [3.8, 4) is 17.1 Å². The number of hydrogen-bond donors (Lipinski definition) is 3. The van der Waals surface area contributed by atoms with Gasteiger partial charge in [0.2, 0.25) is 0 Å². The lowest BCUT2D eigenvalue weighted by Gasteiger charge is -2.13. The van der Waals surface area contributed by atoms with E-state index in [9.17, 15) is 4.79 Å². The molecule has 1 amide bonds. The van der Waals surface area contributed by atoms with Crippen molar-refractivity contribution in [2.45, 2.75) is 13.5 Å². The van der Waals surface area contributed by atoms with Gasteiger partial charge in [0.25, 0.3) is 5.91 Å². The second-order valence-corrected chi connectivity index (χ2v) is 6.50. The molecular formula is C21H20N2O4S. The van der Waals surface area contributed by atoms with Crippen molar-refractivity contribution in [1.82, 2.24) is 5.32 Å². The Morgan fingerprint density at radius 3 is 2.71 bits per heavy atom. The van der Waals surface area contributed by atoms with Gasteiger partial charge in [0.15, 0.2) is 5.11 Å². The third-order valence-corrected chi connectivity index (χ3v) is 4.35. The molecule has 0 saturated carbocycles. The van der Waals surface area contributed by atoms with Crippen molar-refractivity contribution in [2.75, 3.05) is 12.4 Å². The molecule has 6 nitrogen and oxygen atoms in total. The maximum Gasteiger partial charge on any atom is 0.257 e. The van der Waals surface area contributed by atoms with Crippen molar-refractivity contribution < 1.29 is 19.1 Å². The van der Waals surface area contributed by atoms with Crippen molar-refractivity contribution in [3.63, 3.8) is 0 Å². The molecule has 0 aliphatic rings. The van der Waals surface area contributed by atoms with Gasteiger partial charge in [0.05, 0.1) is 7.11 Å². The number of amides is 1. The standard InChI is InChI=1S/C21H20N2O4S/c1-13-6-7-14(19-9-8-17(12-24)27-19)11-18(13)22-21(28)23-20(25)15-4-3-5-16(10-15)26-2/h3-11,24H,12H2,1-2H3,(H2,22,23,25,28). The molecule has 0 saturated heterocycles. The largest absolute Gasteiger partial charge is 0.497 e. The molecule has 0 fully saturated rings. The lowest BCUT2D eigenvalue weighted by molar-refractivity contribution is 0.0977. The van der Waals surface area contributed by atoms with E-state index in [2.05, 4.69) is 10.6 Å². The Bertz CT molecular complexity index is 1010. The first-order valence-electron chi connectivity index (χ1n) is 8.57. The Morgan fingerprint density at radius 1 is 1.18 bits per heavy atom. The van der Waals surface area contributed by atoms with Crippen LogP contribution in [-0.2, 0) is 6.61 Å². The van der Waals surface area contributed by atoms with E-state index in [1.165, 1.54) is 0 Å². The van der Waals surface area contributed by atoms with E-state index in [1.54, 1.807) is 43.5 Å². The van der Waals surface area contributed by atoms with Crippen LogP contribution in [0.2, 0.25) is 0 Å². The first kappa shape index (κ1) is 19.6. The van der Waals surface area contributed by atoms with Crippen molar-refractivity contribution >= 4 is 28.9 Å². The molecule has 2 aromatic carbocycles. The number of aryl methyl sites for hydroxylation is 1. The van der Waals surface area contributed by atoms with Crippen molar-refractivity contribution in [1.29, 1.82) is 0 Å². The fraction of sp³-hybridized carbons (Fsp3) is 0.143. The maximum atomic E-state index is 12.4. The number of rotatable bonds is 5. The van der Waals surface area contributed by atoms with Crippen LogP contribution in [0.1, 0.15) is 21.7 Å². The van der Waals surface area contributed by atoms with Crippen LogP contribution in [-0.4, -0.2) is 23.2 Å². The normalized spacial score (nSPS) is 10.4. The highest BCUT2D eigenvalue weighted by Gasteiger charge is 2.11. The van der Waals surface area contributed by atoms with Crippen LogP contribution in [0.25, 0.3) is 11.3 Å². The molecule has 144 valence electrons. The second kappa shape index (κ2) is 8.69. The van der Waals surface area contributed by atoms with Crippen LogP contribution in [0.15, 0.2) is 59.0 Å². The summed E-state index contributed by atoms with van der Waals surface area (Å²) in [6, 6.07) is 16.1. The number of hydrogen-bond acceptors (Lipinski definition) is 5. The highest BCUT2D eigenvalue weighted by molar-refractivity contribution is 7.80. The molecule has 0 aliphatic carbocycles. The first-order valence-corrected chi connectivity index (χ1v) is 8.98. The van der Waals surface area contributed by atoms with Crippen LogP contribution in [0.3, 0.4) is 0 Å². The number of ether oxygens (including phenoxy) is 1. The van der Waals surface area contributed by atoms with Gasteiger partial charge in [-0.1, -0.05) is 18.2 Å². The van der Waals surface area contributed by atoms with E-state index >= 15 is 0 Å². The van der Waals surface area contributed by atoms with Crippen molar-refractivity contribution in [2.24, 2.45) is 0 Å². The Morgan fingerprint density at radius 2 is 2.00 bits per heavy atom. The molecule has 0 bridgehead atoms. The maximum absolute atomic E-state index is 12.4. The monoisotopic (exact) mass is 396 g/mol. The van der Waals surface area contributed by atoms with Gasteiger partial charge in [-0.05, 0) is 61.1 Å². The third-order valence-electron chi connectivity index (χ3n) is 4.15. The smallest absolute Gasteiger partial charge is 0.257 e. The molecule has 0 unspecified atom stereocenters. The summed E-state index contributed by atoms with van der Waals surface area (Å²) in [6.07, 6.45) is 0. The van der Waals surface area contributed by atoms with Gasteiger partial charge < -0.3 is 19.6 Å². The average Bonchev–Trinajstić information content (AvgIpc) is 3.19. The van der Waals surface area contributed by atoms with E-state index in [1.807, 2.05) is 25.1 Å². The lowest BCUT2D eigenvalue weighted by atomic mass is 10.1. The molecule has 28 heavy (non-hydrogen) atoms. The summed E-state index contributed by atoms with van der Waals surface area (Å²) in [6.45, 7) is 1.78. The number of furan rings is 1. The quantitative estimate of drug-likeness (QED) is 0.568. The minimum absolute atomic E-state index is 0.155. The minimum Gasteiger partial charge on any atom is -0.497 e. The van der Waals surface area contributed by atoms with Gasteiger partial charge in [-0.3, -0.25) is 10.1 Å². The Hall–Kier alpha value is -3.16. The van der Waals surface area contributed by atoms with Crippen LogP contribution < -0.4 is 15.4 Å². The number of methoxy groups -OCH3 is 1. The van der Waals surface area contributed by atoms with Gasteiger partial charge in [-0.25, -0.2) is 0 Å². The Labute approximate surface area is 168 Å². The van der Waals surface area contributed by atoms with Gasteiger partial charge in [0.1, 0.15) is 23.9 Å². The number of thiocarbonyl (C=S) groups is 1. The van der Waals surface area contributed by atoms with Crippen molar-refractivity contribution in [3.05, 3.63) is 71.5 Å². The molecule has 1 aromatic heterocycles. The molecule has 0 radical (unpaired) electrons. The Kier molecular flexibility index (Phi) is 6.08. The number of aliphatic hydroxyl groups excluding tert-OH is 1. The summed E-state index contributed by atoms with van der Waals surface area (Å²) in [5.74, 6) is 1.39. The molecule has 7 heteroatoms. The summed E-state index contributed by atoms with van der Waals surface area (Å²) in [4.78, 5) is 12.4. The van der Waals surface area contributed by atoms with Gasteiger partial charge in [-0.15, -0.1) is 0 Å². The van der Waals surface area contributed by atoms with Crippen LogP contribution in [0, 0.1) is 6.92 Å². The van der Waals surface area contributed by atoms with E-state index in [0.29, 0.717) is 22.8 Å². The number of nitrogens with one attached hydrogen (secondary N) is 2. The highest BCUT2D eigenvalue weighted by atomic mass is 32.1. The predicted molar refractivity (Wildman–Crippen MR) is 111 cm³/mol. The predicted octanol–water partition coefficient (Wildman–Crippen LogP) is 3.88. The molecule has 3 N–H and O–H groups in total. The summed E-state index contributed by atoms with van der Waals surface area (Å²) in [5.41, 5.74) is 2.97. The number of carbonyl (C=O) groups excluding carboxylic acids is 1. The number of benzene rings is 2. The molecular weight excluding hydrogens is 376 g/mol. The zero-order valence-corrected chi connectivity index (χ0v) is 16.3. The van der Waals surface area contributed by atoms with Gasteiger partial charge in [0, 0.05) is 16.8 Å². The van der Waals surface area contributed by atoms with E-state index in [4.69, 9.17) is 26.5 Å². The van der Waals surface area contributed by atoms with Crippen LogP contribution in [0.4, 0.5) is 5.69 Å². The molecule has 1 heterocycles. The molecule has 3 aromatic rings. The van der Waals surface area contributed by atoms with Crippen LogP contribution in [0.5, 0.6) is 5.75 Å². The van der Waals surface area contributed by atoms with Gasteiger partial charge >= 0.3 is 0 Å². The van der Waals surface area contributed by atoms with Crippen LogP contribution >= 0.6 is 12.2 Å². The minimum atomic E-state index is -0.330. The number of aliphatic hydroxyl groups is 1. The molecule has 0 aliphatic heterocycles. The van der Waals surface area contributed by atoms with E-state index in [0.717, 1.165) is 16.8 Å². The molecule has 0 spiro atoms. The first-order chi connectivity index (χ1) is 13.5. The van der Waals surface area contributed by atoms with E-state index < -0.39 is 0 Å². The fourth-order valence-corrected chi connectivity index (χ4v) is 2.82.